The Hall–Kier alpha value is -1.88. The van der Waals surface area contributed by atoms with Crippen LogP contribution in [-0.4, -0.2) is 35.0 Å². The Morgan fingerprint density at radius 2 is 1.29 bits per heavy atom. The number of hydrogen-bond acceptors (Lipinski definition) is 4. The Balaban J connectivity index is 2.20. The molecule has 4 nitrogen and oxygen atoms in total. The van der Waals surface area contributed by atoms with Crippen LogP contribution >= 0.6 is 34.8 Å². The van der Waals surface area contributed by atoms with Crippen LogP contribution in [0.25, 0.3) is 21.9 Å². The number of benzene rings is 2. The lowest BCUT2D eigenvalue weighted by Gasteiger charge is -2.10. The molecule has 3 rings (SSSR count). The first-order valence-electron chi connectivity index (χ1n) is 10.3. The van der Waals surface area contributed by atoms with E-state index in [0.717, 1.165) is 0 Å². The van der Waals surface area contributed by atoms with Gasteiger partial charge >= 0.3 is 0 Å². The number of carbonyl (C=O) groups is 3. The minimum absolute atomic E-state index is 0.0266. The van der Waals surface area contributed by atoms with Gasteiger partial charge in [-0.2, -0.15) is 0 Å². The molecule has 3 aromatic rings. The number of fused-ring (bicyclic) bond motifs is 3. The fourth-order valence-corrected chi connectivity index (χ4v) is 4.05. The third kappa shape index (κ3) is 5.31. The van der Waals surface area contributed by atoms with Gasteiger partial charge in [-0.15, -0.1) is 34.8 Å². The van der Waals surface area contributed by atoms with E-state index in [9.17, 15) is 14.4 Å². The Morgan fingerprint density at radius 1 is 0.710 bits per heavy atom. The molecule has 0 aliphatic carbocycles. The predicted octanol–water partition coefficient (Wildman–Crippen LogP) is 7.19. The molecule has 0 N–H and O–H groups in total. The van der Waals surface area contributed by atoms with Crippen LogP contribution in [0.3, 0.4) is 0 Å². The number of ketones is 3. The van der Waals surface area contributed by atoms with Gasteiger partial charge in [-0.3, -0.25) is 14.4 Å². The number of alkyl halides is 3. The van der Waals surface area contributed by atoms with E-state index in [-0.39, 0.29) is 30.2 Å². The molecule has 0 spiro atoms. The van der Waals surface area contributed by atoms with Gasteiger partial charge in [0.25, 0.3) is 0 Å². The zero-order valence-corrected chi connectivity index (χ0v) is 19.3. The van der Waals surface area contributed by atoms with E-state index in [0.29, 0.717) is 82.0 Å². The van der Waals surface area contributed by atoms with Crippen LogP contribution in [0.4, 0.5) is 0 Å². The van der Waals surface area contributed by atoms with Crippen LogP contribution in [0, 0.1) is 0 Å². The van der Waals surface area contributed by atoms with Crippen molar-refractivity contribution < 1.29 is 18.8 Å². The van der Waals surface area contributed by atoms with Crippen molar-refractivity contribution in [3.63, 3.8) is 0 Å². The molecule has 0 aliphatic heterocycles. The van der Waals surface area contributed by atoms with Crippen LogP contribution in [0.2, 0.25) is 0 Å². The Labute approximate surface area is 195 Å². The molecule has 7 heteroatoms. The highest BCUT2D eigenvalue weighted by molar-refractivity contribution is 6.23. The van der Waals surface area contributed by atoms with Gasteiger partial charge in [-0.25, -0.2) is 0 Å². The summed E-state index contributed by atoms with van der Waals surface area (Å²) in [6, 6.07) is 8.52. The number of halogens is 3. The number of furan rings is 1. The molecule has 0 atom stereocenters. The topological polar surface area (TPSA) is 64.3 Å². The Morgan fingerprint density at radius 3 is 1.94 bits per heavy atom. The molecule has 31 heavy (non-hydrogen) atoms. The fourth-order valence-electron chi connectivity index (χ4n) is 3.65. The van der Waals surface area contributed by atoms with Crippen molar-refractivity contribution in [3.8, 4) is 0 Å². The van der Waals surface area contributed by atoms with E-state index < -0.39 is 0 Å². The summed E-state index contributed by atoms with van der Waals surface area (Å²) in [6.07, 6.45) is 2.44. The zero-order chi connectivity index (χ0) is 22.4. The molecule has 2 aromatic carbocycles. The largest absolute Gasteiger partial charge is 0.456 e. The van der Waals surface area contributed by atoms with Gasteiger partial charge in [0.05, 0.1) is 0 Å². The molecule has 1 aromatic heterocycles. The van der Waals surface area contributed by atoms with Crippen molar-refractivity contribution in [2.75, 3.05) is 17.6 Å². The van der Waals surface area contributed by atoms with Crippen molar-refractivity contribution in [3.05, 3.63) is 47.0 Å². The van der Waals surface area contributed by atoms with Gasteiger partial charge in [0.15, 0.2) is 17.3 Å². The number of carbonyl (C=O) groups excluding carboxylic acids is 3. The molecule has 0 unspecified atom stereocenters. The molecule has 0 saturated carbocycles. The summed E-state index contributed by atoms with van der Waals surface area (Å²) in [4.78, 5) is 38.5. The van der Waals surface area contributed by atoms with Gasteiger partial charge in [0.2, 0.25) is 0 Å². The number of rotatable bonds is 12. The first-order valence-corrected chi connectivity index (χ1v) is 11.9. The second-order valence-corrected chi connectivity index (χ2v) is 8.46. The summed E-state index contributed by atoms with van der Waals surface area (Å²) < 4.78 is 5.94. The lowest BCUT2D eigenvalue weighted by molar-refractivity contribution is 0.0950. The molecule has 1 heterocycles. The van der Waals surface area contributed by atoms with Gasteiger partial charge in [0.1, 0.15) is 11.2 Å². The van der Waals surface area contributed by atoms with Crippen molar-refractivity contribution in [1.29, 1.82) is 0 Å². The number of Topliss-reactive ketones (excluding diaryl/α,β-unsaturated/α-hetero) is 3. The van der Waals surface area contributed by atoms with E-state index in [1.54, 1.807) is 30.3 Å². The maximum absolute atomic E-state index is 13.2. The van der Waals surface area contributed by atoms with Crippen molar-refractivity contribution in [1.82, 2.24) is 0 Å². The van der Waals surface area contributed by atoms with Crippen LogP contribution < -0.4 is 0 Å². The second-order valence-electron chi connectivity index (χ2n) is 7.32. The van der Waals surface area contributed by atoms with Gasteiger partial charge in [-0.05, 0) is 49.6 Å². The van der Waals surface area contributed by atoms with Crippen molar-refractivity contribution >= 4 is 74.1 Å². The highest BCUT2D eigenvalue weighted by Crippen LogP contribution is 2.35. The molecule has 0 amide bonds. The van der Waals surface area contributed by atoms with Crippen LogP contribution in [0.15, 0.2) is 34.7 Å². The Bertz CT molecular complexity index is 1120. The molecule has 0 saturated heterocycles. The Kier molecular flexibility index (Phi) is 8.53. The molecule has 164 valence electrons. The maximum atomic E-state index is 13.2. The molecule has 0 radical (unpaired) electrons. The van der Waals surface area contributed by atoms with Crippen molar-refractivity contribution in [2.45, 2.75) is 38.5 Å². The highest BCUT2D eigenvalue weighted by atomic mass is 35.5. The molecular formula is C24H23Cl3O4. The highest BCUT2D eigenvalue weighted by Gasteiger charge is 2.24. The summed E-state index contributed by atoms with van der Waals surface area (Å²) in [5, 5.41) is 1.21. The first-order chi connectivity index (χ1) is 15.0. The van der Waals surface area contributed by atoms with Crippen LogP contribution in [0.5, 0.6) is 0 Å². The smallest absolute Gasteiger partial charge is 0.164 e. The average molecular weight is 482 g/mol. The van der Waals surface area contributed by atoms with Gasteiger partial charge in [0, 0.05) is 64.4 Å². The van der Waals surface area contributed by atoms with E-state index in [4.69, 9.17) is 39.2 Å². The lowest BCUT2D eigenvalue weighted by Crippen LogP contribution is -2.10. The maximum Gasteiger partial charge on any atom is 0.164 e. The van der Waals surface area contributed by atoms with E-state index in [1.165, 1.54) is 0 Å². The molecule has 0 aliphatic rings. The summed E-state index contributed by atoms with van der Waals surface area (Å²) in [7, 11) is 0. The lowest BCUT2D eigenvalue weighted by atomic mass is 9.91. The molecular weight excluding hydrogens is 459 g/mol. The predicted molar refractivity (Wildman–Crippen MR) is 127 cm³/mol. The van der Waals surface area contributed by atoms with E-state index >= 15 is 0 Å². The SMILES string of the molecule is O=C(CCCCl)c1ccc2oc3ccc(C(=O)CCCCl)c(C(=O)CCCCl)c3c2c1. The minimum atomic E-state index is -0.165. The summed E-state index contributed by atoms with van der Waals surface area (Å²) in [6.45, 7) is 0. The summed E-state index contributed by atoms with van der Waals surface area (Å²) in [5.74, 6) is 0.799. The van der Waals surface area contributed by atoms with Gasteiger partial charge < -0.3 is 4.42 Å². The first kappa shape index (κ1) is 23.8. The summed E-state index contributed by atoms with van der Waals surface area (Å²) in [5.41, 5.74) is 2.28. The third-order valence-electron chi connectivity index (χ3n) is 5.15. The zero-order valence-electron chi connectivity index (χ0n) is 17.0. The van der Waals surface area contributed by atoms with E-state index in [2.05, 4.69) is 0 Å². The summed E-state index contributed by atoms with van der Waals surface area (Å²) >= 11 is 17.3. The second kappa shape index (κ2) is 11.1. The quantitative estimate of drug-likeness (QED) is 0.203. The monoisotopic (exact) mass is 480 g/mol. The number of hydrogen-bond donors (Lipinski definition) is 0. The van der Waals surface area contributed by atoms with Crippen LogP contribution in [0.1, 0.15) is 69.6 Å². The standard InChI is InChI=1S/C24H23Cl3O4/c25-11-1-4-18(28)15-7-9-21-17(14-15)24-22(31-21)10-8-16(19(29)5-2-12-26)23(24)20(30)6-3-13-27/h7-10,14H,1-6,11-13H2. The normalized spacial score (nSPS) is 11.3. The molecule has 0 bridgehead atoms. The van der Waals surface area contributed by atoms with Crippen LogP contribution in [-0.2, 0) is 0 Å². The average Bonchev–Trinajstić information content (AvgIpc) is 3.16. The van der Waals surface area contributed by atoms with E-state index in [1.807, 2.05) is 0 Å². The fraction of sp³-hybridized carbons (Fsp3) is 0.375. The third-order valence-corrected chi connectivity index (χ3v) is 5.95. The van der Waals surface area contributed by atoms with Gasteiger partial charge in [-0.1, -0.05) is 0 Å². The molecule has 0 fully saturated rings. The van der Waals surface area contributed by atoms with Crippen molar-refractivity contribution in [2.24, 2.45) is 0 Å². The minimum Gasteiger partial charge on any atom is -0.456 e.